The molecule has 0 saturated heterocycles. The van der Waals surface area contributed by atoms with Gasteiger partial charge in [0, 0.05) is 11.6 Å². The second-order valence-electron chi connectivity index (χ2n) is 6.02. The molecule has 0 aromatic heterocycles. The van der Waals surface area contributed by atoms with Crippen LogP contribution >= 0.6 is 11.6 Å². The van der Waals surface area contributed by atoms with E-state index in [-0.39, 0.29) is 0 Å². The Morgan fingerprint density at radius 3 is 2.38 bits per heavy atom. The van der Waals surface area contributed by atoms with Gasteiger partial charge in [-0.2, -0.15) is 0 Å². The van der Waals surface area contributed by atoms with Crippen LogP contribution in [0.4, 0.5) is 0 Å². The first kappa shape index (κ1) is 18.7. The molecule has 0 unspecified atom stereocenters. The molecule has 120 valence electrons. The maximum absolute atomic E-state index is 6.24. The third kappa shape index (κ3) is 8.02. The predicted molar refractivity (Wildman–Crippen MR) is 93.6 cm³/mol. The van der Waals surface area contributed by atoms with E-state index in [4.69, 9.17) is 24.6 Å². The van der Waals surface area contributed by atoms with Gasteiger partial charge in [-0.05, 0) is 50.8 Å². The maximum atomic E-state index is 6.24. The van der Waals surface area contributed by atoms with E-state index in [0.29, 0.717) is 5.02 Å². The lowest BCUT2D eigenvalue weighted by Crippen LogP contribution is -2.50. The van der Waals surface area contributed by atoms with Crippen LogP contribution in [0.15, 0.2) is 24.3 Å². The van der Waals surface area contributed by atoms with Crippen LogP contribution in [0.1, 0.15) is 26.2 Å². The third-order valence-corrected chi connectivity index (χ3v) is 8.64. The number of unbranched alkanes of at least 4 members (excludes halogenated alkanes) is 2. The van der Waals surface area contributed by atoms with E-state index in [2.05, 4.69) is 20.0 Å². The van der Waals surface area contributed by atoms with E-state index < -0.39 is 17.1 Å². The van der Waals surface area contributed by atoms with Crippen molar-refractivity contribution in [3.8, 4) is 5.75 Å². The zero-order valence-corrected chi connectivity index (χ0v) is 16.5. The Morgan fingerprint density at radius 2 is 1.76 bits per heavy atom. The van der Waals surface area contributed by atoms with E-state index in [9.17, 15) is 0 Å². The van der Waals surface area contributed by atoms with Crippen molar-refractivity contribution in [1.29, 1.82) is 0 Å². The summed E-state index contributed by atoms with van der Waals surface area (Å²) in [6, 6.07) is 7.43. The highest BCUT2D eigenvalue weighted by Crippen LogP contribution is 2.23. The fraction of sp³-hybridized carbons (Fsp3) is 0.600. The van der Waals surface area contributed by atoms with Gasteiger partial charge in [-0.15, -0.1) is 0 Å². The van der Waals surface area contributed by atoms with Gasteiger partial charge in [-0.25, -0.2) is 0 Å². The molecule has 0 atom stereocenters. The minimum Gasteiger partial charge on any atom is -0.521 e. The van der Waals surface area contributed by atoms with Gasteiger partial charge in [0.25, 0.3) is 0 Å². The lowest BCUT2D eigenvalue weighted by atomic mass is 10.3. The van der Waals surface area contributed by atoms with Crippen LogP contribution in [0.3, 0.4) is 0 Å². The molecule has 1 aromatic rings. The second kappa shape index (κ2) is 8.34. The lowest BCUT2D eigenvalue weighted by molar-refractivity contribution is 0.225. The molecule has 0 heterocycles. The summed E-state index contributed by atoms with van der Waals surface area (Å²) in [6.07, 6.45) is 3.49. The summed E-state index contributed by atoms with van der Waals surface area (Å²) in [4.78, 5) is 0. The molecular formula is C15H27ClO3Si2. The van der Waals surface area contributed by atoms with Gasteiger partial charge in [-0.3, -0.25) is 0 Å². The molecule has 0 N–H and O–H groups in total. The summed E-state index contributed by atoms with van der Waals surface area (Å²) >= 11 is 5.98. The molecule has 0 saturated carbocycles. The van der Waals surface area contributed by atoms with Gasteiger partial charge in [-0.1, -0.05) is 37.4 Å². The molecule has 1 rings (SSSR count). The Hall–Kier alpha value is -0.336. The van der Waals surface area contributed by atoms with Crippen LogP contribution in [-0.2, 0) is 8.54 Å². The fourth-order valence-corrected chi connectivity index (χ4v) is 8.78. The van der Waals surface area contributed by atoms with Gasteiger partial charge >= 0.3 is 17.1 Å². The van der Waals surface area contributed by atoms with Crippen molar-refractivity contribution in [2.24, 2.45) is 0 Å². The van der Waals surface area contributed by atoms with E-state index in [1.807, 2.05) is 37.4 Å². The summed E-state index contributed by atoms with van der Waals surface area (Å²) in [6.45, 7) is 11.2. The molecule has 0 aliphatic carbocycles. The monoisotopic (exact) mass is 346 g/mol. The minimum atomic E-state index is -2.29. The van der Waals surface area contributed by atoms with Crippen molar-refractivity contribution in [3.05, 3.63) is 29.3 Å². The SMILES string of the molecule is CCCCCO[Si](C)(C)O[Si](C)(C)Oc1cccc(Cl)c1. The molecule has 0 bridgehead atoms. The van der Waals surface area contributed by atoms with Crippen molar-refractivity contribution >= 4 is 28.7 Å². The topological polar surface area (TPSA) is 27.7 Å². The van der Waals surface area contributed by atoms with Crippen LogP contribution in [0.25, 0.3) is 0 Å². The molecule has 0 aliphatic heterocycles. The number of benzene rings is 1. The van der Waals surface area contributed by atoms with Crippen molar-refractivity contribution < 1.29 is 13.0 Å². The average molecular weight is 347 g/mol. The van der Waals surface area contributed by atoms with Crippen molar-refractivity contribution in [1.82, 2.24) is 0 Å². The Kier molecular flexibility index (Phi) is 7.43. The summed E-state index contributed by atoms with van der Waals surface area (Å²) in [5.41, 5.74) is 0. The maximum Gasteiger partial charge on any atom is 0.383 e. The first-order valence-electron chi connectivity index (χ1n) is 7.53. The van der Waals surface area contributed by atoms with Gasteiger partial charge < -0.3 is 13.0 Å². The zero-order chi connectivity index (χ0) is 15.9. The molecule has 3 nitrogen and oxygen atoms in total. The summed E-state index contributed by atoms with van der Waals surface area (Å²) in [5.74, 6) is 0.759. The summed E-state index contributed by atoms with van der Waals surface area (Å²) in [7, 11) is -4.45. The van der Waals surface area contributed by atoms with E-state index >= 15 is 0 Å². The van der Waals surface area contributed by atoms with Crippen LogP contribution in [-0.4, -0.2) is 23.7 Å². The number of hydrogen-bond donors (Lipinski definition) is 0. The van der Waals surface area contributed by atoms with Gasteiger partial charge in [0.15, 0.2) is 0 Å². The first-order chi connectivity index (χ1) is 9.74. The molecule has 1 aromatic carbocycles. The van der Waals surface area contributed by atoms with Crippen molar-refractivity contribution in [3.63, 3.8) is 0 Å². The number of rotatable bonds is 9. The Balaban J connectivity index is 2.53. The van der Waals surface area contributed by atoms with E-state index in [1.165, 1.54) is 12.8 Å². The second-order valence-corrected chi connectivity index (χ2v) is 13.4. The molecule has 6 heteroatoms. The fourth-order valence-electron chi connectivity index (χ4n) is 2.13. The Bertz CT molecular complexity index is 439. The summed E-state index contributed by atoms with van der Waals surface area (Å²) in [5, 5.41) is 0.671. The van der Waals surface area contributed by atoms with E-state index in [1.54, 1.807) is 0 Å². The predicted octanol–water partition coefficient (Wildman–Crippen LogP) is 5.35. The largest absolute Gasteiger partial charge is 0.521 e. The molecule has 0 spiro atoms. The van der Waals surface area contributed by atoms with Gasteiger partial charge in [0.2, 0.25) is 0 Å². The average Bonchev–Trinajstić information content (AvgIpc) is 2.32. The van der Waals surface area contributed by atoms with Crippen LogP contribution < -0.4 is 4.43 Å². The lowest BCUT2D eigenvalue weighted by Gasteiger charge is -2.32. The molecule has 21 heavy (non-hydrogen) atoms. The van der Waals surface area contributed by atoms with Crippen LogP contribution in [0.5, 0.6) is 5.75 Å². The van der Waals surface area contributed by atoms with Gasteiger partial charge in [0.05, 0.1) is 0 Å². The number of halogens is 1. The molecule has 0 amide bonds. The quantitative estimate of drug-likeness (QED) is 0.446. The smallest absolute Gasteiger partial charge is 0.383 e. The van der Waals surface area contributed by atoms with Crippen molar-refractivity contribution in [2.45, 2.75) is 52.4 Å². The summed E-state index contributed by atoms with van der Waals surface area (Å²) < 4.78 is 18.2. The van der Waals surface area contributed by atoms with E-state index in [0.717, 1.165) is 18.8 Å². The molecule has 0 aliphatic rings. The normalized spacial score (nSPS) is 12.5. The molecule has 0 radical (unpaired) electrons. The standard InChI is InChI=1S/C15H27ClO3Si2/c1-6-7-8-12-17-20(2,3)19-21(4,5)18-15-11-9-10-14(16)13-15/h9-11,13H,6-8,12H2,1-5H3. The highest BCUT2D eigenvalue weighted by molar-refractivity contribution is 6.79. The minimum absolute atomic E-state index is 0.671. The van der Waals surface area contributed by atoms with Gasteiger partial charge in [0.1, 0.15) is 5.75 Å². The first-order valence-corrected chi connectivity index (χ1v) is 13.5. The molecule has 0 fully saturated rings. The highest BCUT2D eigenvalue weighted by atomic mass is 35.5. The third-order valence-electron chi connectivity index (χ3n) is 2.85. The Morgan fingerprint density at radius 1 is 1.05 bits per heavy atom. The Labute approximate surface area is 136 Å². The highest BCUT2D eigenvalue weighted by Gasteiger charge is 2.37. The van der Waals surface area contributed by atoms with Crippen LogP contribution in [0, 0.1) is 0 Å². The van der Waals surface area contributed by atoms with Crippen LogP contribution in [0.2, 0.25) is 31.2 Å². The van der Waals surface area contributed by atoms with Crippen molar-refractivity contribution in [2.75, 3.05) is 6.61 Å². The number of hydrogen-bond acceptors (Lipinski definition) is 3. The zero-order valence-electron chi connectivity index (χ0n) is 13.7. The molecular weight excluding hydrogens is 320 g/mol.